The van der Waals surface area contributed by atoms with Crippen molar-refractivity contribution >= 4 is 28.8 Å². The van der Waals surface area contributed by atoms with Gasteiger partial charge in [-0.15, -0.1) is 11.3 Å². The number of fused-ring (bicyclic) bond motifs is 1. The van der Waals surface area contributed by atoms with Gasteiger partial charge < -0.3 is 10.6 Å². The maximum absolute atomic E-state index is 10.7. The van der Waals surface area contributed by atoms with Crippen LogP contribution in [0, 0.1) is 10.1 Å². The minimum absolute atomic E-state index is 0.0942. The fourth-order valence-electron chi connectivity index (χ4n) is 2.44. The van der Waals surface area contributed by atoms with Crippen LogP contribution in [-0.2, 0) is 6.42 Å². The number of hydrogen-bond donors (Lipinski definition) is 1. The maximum Gasteiger partial charge on any atom is 0.329 e. The maximum atomic E-state index is 10.7. The summed E-state index contributed by atoms with van der Waals surface area (Å²) in [7, 11) is 0. The predicted molar refractivity (Wildman–Crippen MR) is 76.9 cm³/mol. The van der Waals surface area contributed by atoms with Crippen molar-refractivity contribution in [3.63, 3.8) is 0 Å². The van der Waals surface area contributed by atoms with Gasteiger partial charge >= 0.3 is 5.69 Å². The lowest BCUT2D eigenvalue weighted by molar-refractivity contribution is -0.384. The molecule has 2 aromatic heterocycles. The van der Waals surface area contributed by atoms with E-state index < -0.39 is 4.92 Å². The van der Waals surface area contributed by atoms with Gasteiger partial charge in [-0.2, -0.15) is 4.98 Å². The molecular weight excluding hydrogens is 278 g/mol. The highest BCUT2D eigenvalue weighted by molar-refractivity contribution is 7.10. The van der Waals surface area contributed by atoms with Crippen LogP contribution in [0.15, 0.2) is 17.6 Å². The molecule has 2 aromatic rings. The van der Waals surface area contributed by atoms with Crippen LogP contribution in [0.4, 0.5) is 17.5 Å². The third-order valence-electron chi connectivity index (χ3n) is 3.52. The van der Waals surface area contributed by atoms with Gasteiger partial charge in [-0.1, -0.05) is 0 Å². The van der Waals surface area contributed by atoms with E-state index in [0.717, 1.165) is 13.0 Å². The van der Waals surface area contributed by atoms with Crippen molar-refractivity contribution < 1.29 is 4.92 Å². The Labute approximate surface area is 119 Å². The Balaban J connectivity index is 1.95. The van der Waals surface area contributed by atoms with Gasteiger partial charge in [-0.05, 0) is 30.4 Å². The summed E-state index contributed by atoms with van der Waals surface area (Å²) in [6.45, 7) is 2.86. The summed E-state index contributed by atoms with van der Waals surface area (Å²) in [6, 6.07) is 2.25. The molecule has 0 amide bonds. The van der Waals surface area contributed by atoms with Gasteiger partial charge in [0.1, 0.15) is 6.20 Å². The molecule has 0 unspecified atom stereocenters. The minimum Gasteiger partial charge on any atom is -0.378 e. The summed E-state index contributed by atoms with van der Waals surface area (Å²) in [5.74, 6) is 0.348. The summed E-state index contributed by atoms with van der Waals surface area (Å²) in [5.41, 5.74) is 6.64. The lowest BCUT2D eigenvalue weighted by Gasteiger charge is -2.33. The standard InChI is InChI=1S/C12H13N5O2S/c1-7-8-3-5-20-10(8)2-4-16(7)12-14-6-9(17(18)19)11(13)15-12/h3,5-7H,2,4H2,1H3,(H2,13,14,15)/t7-/m1/s1. The summed E-state index contributed by atoms with van der Waals surface area (Å²) in [5, 5.41) is 12.8. The number of nitrogens with zero attached hydrogens (tertiary/aromatic N) is 4. The second kappa shape index (κ2) is 4.71. The first-order valence-electron chi connectivity index (χ1n) is 6.17. The molecule has 1 aliphatic heterocycles. The molecule has 1 atom stereocenters. The summed E-state index contributed by atoms with van der Waals surface area (Å²) in [4.78, 5) is 21.7. The Morgan fingerprint density at radius 2 is 2.40 bits per heavy atom. The third kappa shape index (κ3) is 1.97. The van der Waals surface area contributed by atoms with Crippen LogP contribution in [0.2, 0.25) is 0 Å². The second-order valence-electron chi connectivity index (χ2n) is 4.62. The number of nitrogens with two attached hydrogens (primary N) is 1. The van der Waals surface area contributed by atoms with Crippen molar-refractivity contribution in [1.29, 1.82) is 0 Å². The van der Waals surface area contributed by atoms with Crippen LogP contribution in [-0.4, -0.2) is 21.4 Å². The van der Waals surface area contributed by atoms with E-state index in [-0.39, 0.29) is 17.5 Å². The molecule has 0 fully saturated rings. The fourth-order valence-corrected chi connectivity index (χ4v) is 3.40. The molecule has 0 aliphatic carbocycles. The highest BCUT2D eigenvalue weighted by Gasteiger charge is 2.27. The van der Waals surface area contributed by atoms with Crippen molar-refractivity contribution in [3.8, 4) is 0 Å². The van der Waals surface area contributed by atoms with Crippen LogP contribution in [0.3, 0.4) is 0 Å². The van der Waals surface area contributed by atoms with Crippen LogP contribution in [0.25, 0.3) is 0 Å². The molecule has 0 saturated carbocycles. The highest BCUT2D eigenvalue weighted by atomic mass is 32.1. The molecule has 0 radical (unpaired) electrons. The van der Waals surface area contributed by atoms with Gasteiger partial charge in [0.15, 0.2) is 0 Å². The van der Waals surface area contributed by atoms with Crippen LogP contribution >= 0.6 is 11.3 Å². The smallest absolute Gasteiger partial charge is 0.329 e. The third-order valence-corrected chi connectivity index (χ3v) is 4.51. The monoisotopic (exact) mass is 291 g/mol. The van der Waals surface area contributed by atoms with E-state index in [4.69, 9.17) is 5.73 Å². The first-order valence-corrected chi connectivity index (χ1v) is 7.05. The quantitative estimate of drug-likeness (QED) is 0.672. The van der Waals surface area contributed by atoms with Crippen molar-refractivity contribution in [3.05, 3.63) is 38.2 Å². The number of aromatic nitrogens is 2. The molecule has 0 spiro atoms. The molecule has 3 heterocycles. The second-order valence-corrected chi connectivity index (χ2v) is 5.62. The number of rotatable bonds is 2. The van der Waals surface area contributed by atoms with E-state index in [1.165, 1.54) is 16.6 Å². The van der Waals surface area contributed by atoms with Crippen LogP contribution < -0.4 is 10.6 Å². The van der Waals surface area contributed by atoms with E-state index in [1.807, 2.05) is 4.90 Å². The summed E-state index contributed by atoms with van der Waals surface area (Å²) < 4.78 is 0. The molecule has 1 aliphatic rings. The zero-order valence-electron chi connectivity index (χ0n) is 10.8. The average Bonchev–Trinajstić information content (AvgIpc) is 2.87. The number of thiophene rings is 1. The van der Waals surface area contributed by atoms with Gasteiger partial charge in [0.05, 0.1) is 11.0 Å². The molecular formula is C12H13N5O2S. The first-order chi connectivity index (χ1) is 9.58. The van der Waals surface area contributed by atoms with Crippen LogP contribution in [0.5, 0.6) is 0 Å². The predicted octanol–water partition coefficient (Wildman–Crippen LogP) is 2.15. The van der Waals surface area contributed by atoms with E-state index in [0.29, 0.717) is 5.95 Å². The van der Waals surface area contributed by atoms with Crippen molar-refractivity contribution in [1.82, 2.24) is 9.97 Å². The van der Waals surface area contributed by atoms with Gasteiger partial charge in [0.25, 0.3) is 0 Å². The van der Waals surface area contributed by atoms with Crippen molar-refractivity contribution in [2.75, 3.05) is 17.2 Å². The molecule has 20 heavy (non-hydrogen) atoms. The molecule has 3 rings (SSSR count). The SMILES string of the molecule is C[C@@H]1c2ccsc2CCN1c1ncc([N+](=O)[O-])c(N)n1. The van der Waals surface area contributed by atoms with Gasteiger partial charge in [-0.25, -0.2) is 4.98 Å². The molecule has 7 nitrogen and oxygen atoms in total. The van der Waals surface area contributed by atoms with E-state index in [9.17, 15) is 10.1 Å². The molecule has 0 bridgehead atoms. The normalized spacial score (nSPS) is 17.9. The lowest BCUT2D eigenvalue weighted by atomic mass is 10.0. The Morgan fingerprint density at radius 1 is 1.60 bits per heavy atom. The van der Waals surface area contributed by atoms with E-state index in [2.05, 4.69) is 28.3 Å². The zero-order chi connectivity index (χ0) is 14.3. The molecule has 104 valence electrons. The number of nitro groups is 1. The average molecular weight is 291 g/mol. The Kier molecular flexibility index (Phi) is 3.01. The van der Waals surface area contributed by atoms with Crippen molar-refractivity contribution in [2.24, 2.45) is 0 Å². The number of anilines is 2. The number of hydrogen-bond acceptors (Lipinski definition) is 7. The topological polar surface area (TPSA) is 98.2 Å². The Hall–Kier alpha value is -2.22. The van der Waals surface area contributed by atoms with Gasteiger partial charge in [0, 0.05) is 11.4 Å². The Morgan fingerprint density at radius 3 is 3.10 bits per heavy atom. The van der Waals surface area contributed by atoms with Crippen LogP contribution in [0.1, 0.15) is 23.4 Å². The van der Waals surface area contributed by atoms with Gasteiger partial charge in [0.2, 0.25) is 11.8 Å². The molecule has 2 N–H and O–H groups in total. The molecule has 0 saturated heterocycles. The largest absolute Gasteiger partial charge is 0.378 e. The summed E-state index contributed by atoms with van der Waals surface area (Å²) in [6.07, 6.45) is 2.10. The summed E-state index contributed by atoms with van der Waals surface area (Å²) >= 11 is 1.75. The van der Waals surface area contributed by atoms with Crippen molar-refractivity contribution in [2.45, 2.75) is 19.4 Å². The Bertz CT molecular complexity index is 672. The van der Waals surface area contributed by atoms with E-state index >= 15 is 0 Å². The number of nitrogen functional groups attached to an aromatic ring is 1. The highest BCUT2D eigenvalue weighted by Crippen LogP contribution is 2.35. The fraction of sp³-hybridized carbons (Fsp3) is 0.333. The van der Waals surface area contributed by atoms with E-state index in [1.54, 1.807) is 11.3 Å². The first kappa shape index (κ1) is 12.8. The minimum atomic E-state index is -0.574. The lowest BCUT2D eigenvalue weighted by Crippen LogP contribution is -2.34. The van der Waals surface area contributed by atoms with Gasteiger partial charge in [-0.3, -0.25) is 10.1 Å². The zero-order valence-corrected chi connectivity index (χ0v) is 11.6. The molecule has 0 aromatic carbocycles. The molecule has 8 heteroatoms.